The van der Waals surface area contributed by atoms with Crippen LogP contribution in [0.4, 0.5) is 0 Å². The van der Waals surface area contributed by atoms with Crippen molar-refractivity contribution < 1.29 is 34.1 Å². The fraction of sp³-hybridized carbons (Fsp3) is 0.444. The first-order chi connectivity index (χ1) is 17.9. The Balaban J connectivity index is 1.90. The Morgan fingerprint density at radius 3 is 2.78 bits per heavy atom. The SMILES string of the molecule is C=CCOC1C=CCCOC(=O)c2c(O)cc(O)c(Cl)c2CC(=NOCC(=O)N2CCCCC2)C=CC1. The van der Waals surface area contributed by atoms with Crippen LogP contribution >= 0.6 is 11.6 Å². The molecule has 2 N–H and O–H groups in total. The molecule has 3 rings (SSSR count). The monoisotopic (exact) mass is 532 g/mol. The Morgan fingerprint density at radius 2 is 2.03 bits per heavy atom. The molecule has 2 aliphatic rings. The molecule has 0 saturated carbocycles. The molecule has 0 radical (unpaired) electrons. The van der Waals surface area contributed by atoms with E-state index < -0.39 is 17.5 Å². The number of phenolic OH excluding ortho intramolecular Hbond substituents is 2. The lowest BCUT2D eigenvalue weighted by molar-refractivity contribution is -0.137. The highest BCUT2D eigenvalue weighted by Gasteiger charge is 2.25. The van der Waals surface area contributed by atoms with Gasteiger partial charge in [-0.3, -0.25) is 4.79 Å². The van der Waals surface area contributed by atoms with Crippen molar-refractivity contribution in [3.8, 4) is 11.5 Å². The number of ether oxygens (including phenoxy) is 2. The summed E-state index contributed by atoms with van der Waals surface area (Å²) in [5, 5.41) is 24.6. The van der Waals surface area contributed by atoms with Gasteiger partial charge in [-0.15, -0.1) is 6.58 Å². The summed E-state index contributed by atoms with van der Waals surface area (Å²) in [5.74, 6) is -1.80. The second kappa shape index (κ2) is 14.4. The molecule has 10 heteroatoms. The highest BCUT2D eigenvalue weighted by atomic mass is 35.5. The summed E-state index contributed by atoms with van der Waals surface area (Å²) in [6.45, 7) is 5.26. The number of nitrogens with zero attached hydrogens (tertiary/aromatic N) is 2. The van der Waals surface area contributed by atoms with E-state index in [0.717, 1.165) is 25.3 Å². The molecule has 37 heavy (non-hydrogen) atoms. The molecular formula is C27H33ClN2O7. The van der Waals surface area contributed by atoms with Gasteiger partial charge in [0.25, 0.3) is 5.91 Å². The third kappa shape index (κ3) is 8.36. The Labute approximate surface area is 221 Å². The molecule has 200 valence electrons. The zero-order valence-corrected chi connectivity index (χ0v) is 21.5. The van der Waals surface area contributed by atoms with Crippen LogP contribution in [0.15, 0.2) is 48.2 Å². The van der Waals surface area contributed by atoms with Crippen LogP contribution in [0.1, 0.15) is 48.0 Å². The van der Waals surface area contributed by atoms with Gasteiger partial charge >= 0.3 is 5.97 Å². The quantitative estimate of drug-likeness (QED) is 0.318. The van der Waals surface area contributed by atoms with Crippen LogP contribution in [0.5, 0.6) is 11.5 Å². The summed E-state index contributed by atoms with van der Waals surface area (Å²) in [7, 11) is 0. The van der Waals surface area contributed by atoms with Crippen LogP contribution in [0, 0.1) is 0 Å². The first-order valence-corrected chi connectivity index (χ1v) is 12.7. The second-order valence-electron chi connectivity index (χ2n) is 8.71. The van der Waals surface area contributed by atoms with E-state index in [9.17, 15) is 19.8 Å². The molecule has 0 spiro atoms. The van der Waals surface area contributed by atoms with Crippen LogP contribution in [-0.2, 0) is 25.5 Å². The first-order valence-electron chi connectivity index (χ1n) is 12.3. The molecule has 1 amide bonds. The maximum Gasteiger partial charge on any atom is 0.342 e. The van der Waals surface area contributed by atoms with Gasteiger partial charge in [0.05, 0.1) is 30.1 Å². The van der Waals surface area contributed by atoms with Crippen LogP contribution in [0.3, 0.4) is 0 Å². The average Bonchev–Trinajstić information content (AvgIpc) is 2.89. The molecule has 1 atom stereocenters. The maximum absolute atomic E-state index is 12.8. The molecule has 9 nitrogen and oxygen atoms in total. The number of phenols is 2. The minimum absolute atomic E-state index is 0.0688. The number of piperidine rings is 1. The summed E-state index contributed by atoms with van der Waals surface area (Å²) >= 11 is 6.34. The summed E-state index contributed by atoms with van der Waals surface area (Å²) in [6, 6.07) is 0.993. The Bertz CT molecular complexity index is 1060. The van der Waals surface area contributed by atoms with E-state index in [0.29, 0.717) is 38.2 Å². The average molecular weight is 533 g/mol. The molecule has 1 aromatic rings. The van der Waals surface area contributed by atoms with Gasteiger partial charge < -0.3 is 29.4 Å². The number of rotatable bonds is 6. The summed E-state index contributed by atoms with van der Waals surface area (Å²) < 4.78 is 11.1. The molecule has 2 heterocycles. The van der Waals surface area contributed by atoms with Crippen LogP contribution in [0.2, 0.25) is 5.02 Å². The molecule has 1 fully saturated rings. The predicted octanol–water partition coefficient (Wildman–Crippen LogP) is 4.31. The number of halogens is 1. The highest BCUT2D eigenvalue weighted by Crippen LogP contribution is 2.37. The van der Waals surface area contributed by atoms with E-state index in [1.54, 1.807) is 17.1 Å². The number of hydrogen-bond donors (Lipinski definition) is 2. The zero-order chi connectivity index (χ0) is 26.6. The predicted molar refractivity (Wildman–Crippen MR) is 140 cm³/mol. The molecule has 2 aliphatic heterocycles. The summed E-state index contributed by atoms with van der Waals surface area (Å²) in [4.78, 5) is 32.5. The van der Waals surface area contributed by atoms with E-state index in [1.807, 2.05) is 18.2 Å². The molecule has 1 aromatic carbocycles. The van der Waals surface area contributed by atoms with E-state index in [4.69, 9.17) is 25.9 Å². The van der Waals surface area contributed by atoms with Gasteiger partial charge in [0, 0.05) is 25.6 Å². The van der Waals surface area contributed by atoms with Crippen molar-refractivity contribution >= 4 is 29.2 Å². The number of allylic oxidation sites excluding steroid dienone is 1. The van der Waals surface area contributed by atoms with E-state index in [-0.39, 0.29) is 47.8 Å². The minimum Gasteiger partial charge on any atom is -0.507 e. The Kier molecular flexibility index (Phi) is 11.0. The van der Waals surface area contributed by atoms with E-state index in [1.165, 1.54) is 0 Å². The fourth-order valence-electron chi connectivity index (χ4n) is 4.06. The Morgan fingerprint density at radius 1 is 1.24 bits per heavy atom. The molecule has 1 unspecified atom stereocenters. The number of hydrogen-bond acceptors (Lipinski definition) is 8. The van der Waals surface area contributed by atoms with E-state index in [2.05, 4.69) is 11.7 Å². The lowest BCUT2D eigenvalue weighted by Crippen LogP contribution is -2.37. The van der Waals surface area contributed by atoms with Crippen molar-refractivity contribution in [2.24, 2.45) is 5.16 Å². The molecule has 0 aliphatic carbocycles. The van der Waals surface area contributed by atoms with Gasteiger partial charge in [-0.05, 0) is 43.7 Å². The van der Waals surface area contributed by atoms with Crippen molar-refractivity contribution in [2.45, 2.75) is 44.6 Å². The highest BCUT2D eigenvalue weighted by molar-refractivity contribution is 6.33. The number of likely N-dealkylation sites (tertiary alicyclic amines) is 1. The second-order valence-corrected chi connectivity index (χ2v) is 9.09. The summed E-state index contributed by atoms with van der Waals surface area (Å²) in [6.07, 6.45) is 12.5. The lowest BCUT2D eigenvalue weighted by Gasteiger charge is -2.26. The van der Waals surface area contributed by atoms with Gasteiger partial charge in [0.15, 0.2) is 6.61 Å². The number of aromatic hydroxyl groups is 2. The Hall–Kier alpha value is -3.30. The lowest BCUT2D eigenvalue weighted by atomic mass is 9.99. The smallest absolute Gasteiger partial charge is 0.342 e. The zero-order valence-electron chi connectivity index (χ0n) is 20.7. The van der Waals surface area contributed by atoms with Crippen LogP contribution < -0.4 is 0 Å². The minimum atomic E-state index is -0.788. The van der Waals surface area contributed by atoms with Crippen molar-refractivity contribution in [1.82, 2.24) is 4.90 Å². The summed E-state index contributed by atoms with van der Waals surface area (Å²) in [5.41, 5.74) is 0.281. The largest absolute Gasteiger partial charge is 0.507 e. The number of fused-ring (bicyclic) bond motifs is 1. The number of carbonyl (C=O) groups excluding carboxylic acids is 2. The van der Waals surface area contributed by atoms with E-state index >= 15 is 0 Å². The normalized spacial score (nSPS) is 20.1. The van der Waals surface area contributed by atoms with Crippen LogP contribution in [-0.4, -0.2) is 71.7 Å². The van der Waals surface area contributed by atoms with Crippen molar-refractivity contribution in [2.75, 3.05) is 32.9 Å². The van der Waals surface area contributed by atoms with Gasteiger partial charge in [-0.25, -0.2) is 4.79 Å². The molecule has 0 bridgehead atoms. The number of amides is 1. The fourth-order valence-corrected chi connectivity index (χ4v) is 4.27. The van der Waals surface area contributed by atoms with Gasteiger partial charge in [0.2, 0.25) is 0 Å². The van der Waals surface area contributed by atoms with Crippen molar-refractivity contribution in [3.05, 3.63) is 59.2 Å². The molecule has 0 aromatic heterocycles. The third-order valence-electron chi connectivity index (χ3n) is 5.94. The number of cyclic esters (lactones) is 1. The third-order valence-corrected chi connectivity index (χ3v) is 6.36. The van der Waals surface area contributed by atoms with Gasteiger partial charge in [-0.2, -0.15) is 0 Å². The van der Waals surface area contributed by atoms with Gasteiger partial charge in [0.1, 0.15) is 17.1 Å². The maximum atomic E-state index is 12.8. The standard InChI is InChI=1S/C27H33ClN2O7/c1-2-14-35-20-10-4-7-15-36-27(34)25-21(26(28)23(32)17-22(25)31)16-19(9-8-11-20)29-37-18-24(33)30-12-5-3-6-13-30/h2,4,8-10,17,20,31-32H,1,3,5-7,11-16,18H2. The number of benzene rings is 1. The number of oxime groups is 1. The van der Waals surface area contributed by atoms with Crippen molar-refractivity contribution in [1.29, 1.82) is 0 Å². The number of esters is 1. The number of carbonyl (C=O) groups is 2. The topological polar surface area (TPSA) is 118 Å². The first kappa shape index (κ1) is 28.3. The van der Waals surface area contributed by atoms with Crippen molar-refractivity contribution in [3.63, 3.8) is 0 Å². The molecular weight excluding hydrogens is 500 g/mol. The van der Waals surface area contributed by atoms with Gasteiger partial charge in [-0.1, -0.05) is 41.1 Å². The molecule has 1 saturated heterocycles. The van der Waals surface area contributed by atoms with Crippen LogP contribution in [0.25, 0.3) is 0 Å².